The molecule has 1 aliphatic heterocycles. The number of fused-ring (bicyclic) bond motifs is 6. The first kappa shape index (κ1) is 17.0. The molecule has 1 saturated heterocycles. The molecule has 3 heteroatoms. The number of benzene rings is 3. The number of allylic oxidation sites excluding steroid dienone is 1. The van der Waals surface area contributed by atoms with Crippen LogP contribution in [0.1, 0.15) is 38.8 Å². The summed E-state index contributed by atoms with van der Waals surface area (Å²) in [6.07, 6.45) is 5.50. The summed E-state index contributed by atoms with van der Waals surface area (Å²) in [4.78, 5) is 0. The third kappa shape index (κ3) is 2.49. The van der Waals surface area contributed by atoms with Crippen molar-refractivity contribution >= 4 is 34.7 Å². The molecule has 0 amide bonds. The largest absolute Gasteiger partial charge is 0.465 e. The third-order valence-electron chi connectivity index (χ3n) is 6.66. The van der Waals surface area contributed by atoms with E-state index in [0.717, 1.165) is 6.42 Å². The number of hydrogen-bond acceptors (Lipinski definition) is 2. The van der Waals surface area contributed by atoms with Gasteiger partial charge in [-0.05, 0) is 66.8 Å². The van der Waals surface area contributed by atoms with Gasteiger partial charge in [0.15, 0.2) is 0 Å². The third-order valence-corrected chi connectivity index (χ3v) is 6.66. The normalized spacial score (nSPS) is 23.1. The first-order valence-corrected chi connectivity index (χ1v) is 9.83. The topological polar surface area (TPSA) is 18.5 Å². The molecule has 2 aliphatic rings. The zero-order valence-corrected chi connectivity index (χ0v) is 16.5. The molecule has 0 radical (unpaired) electrons. The van der Waals surface area contributed by atoms with E-state index in [0.29, 0.717) is 0 Å². The van der Waals surface area contributed by atoms with E-state index in [1.807, 2.05) is 0 Å². The van der Waals surface area contributed by atoms with Gasteiger partial charge in [0.25, 0.3) is 0 Å². The van der Waals surface area contributed by atoms with Crippen LogP contribution < -0.4 is 0 Å². The molecule has 1 unspecified atom stereocenters. The number of rotatable bonds is 1. The molecule has 0 saturated carbocycles. The Labute approximate surface area is 161 Å². The average molecular weight is 356 g/mol. The first-order valence-electron chi connectivity index (χ1n) is 9.83. The van der Waals surface area contributed by atoms with Gasteiger partial charge in [-0.3, -0.25) is 0 Å². The van der Waals surface area contributed by atoms with Crippen molar-refractivity contribution in [3.05, 3.63) is 65.7 Å². The summed E-state index contributed by atoms with van der Waals surface area (Å²) < 4.78 is 12.7. The van der Waals surface area contributed by atoms with Crippen LogP contribution in [0.25, 0.3) is 27.6 Å². The summed E-state index contributed by atoms with van der Waals surface area (Å²) in [6.45, 7) is 8.49. The Bertz CT molecular complexity index is 1060. The van der Waals surface area contributed by atoms with Crippen LogP contribution in [0.3, 0.4) is 0 Å². The van der Waals surface area contributed by atoms with Crippen molar-refractivity contribution in [1.29, 1.82) is 0 Å². The monoisotopic (exact) mass is 356 g/mol. The van der Waals surface area contributed by atoms with Crippen molar-refractivity contribution < 1.29 is 9.31 Å². The van der Waals surface area contributed by atoms with E-state index in [4.69, 9.17) is 9.31 Å². The van der Waals surface area contributed by atoms with E-state index in [1.165, 1.54) is 32.7 Å². The van der Waals surface area contributed by atoms with Crippen molar-refractivity contribution in [2.45, 2.75) is 51.1 Å². The Morgan fingerprint density at radius 2 is 1.30 bits per heavy atom. The molecule has 27 heavy (non-hydrogen) atoms. The fraction of sp³-hybridized carbons (Fsp3) is 0.333. The molecule has 1 heterocycles. The highest BCUT2D eigenvalue weighted by molar-refractivity contribution is 6.48. The fourth-order valence-electron chi connectivity index (χ4n) is 4.43. The molecular formula is C24H25BO2. The molecular weight excluding hydrogens is 331 g/mol. The Morgan fingerprint density at radius 3 is 1.93 bits per heavy atom. The maximum absolute atomic E-state index is 6.34. The molecule has 1 atom stereocenters. The quantitative estimate of drug-likeness (QED) is 0.392. The summed E-state index contributed by atoms with van der Waals surface area (Å²) in [5.41, 5.74) is 2.16. The van der Waals surface area contributed by atoms with Crippen LogP contribution in [0.5, 0.6) is 0 Å². The maximum atomic E-state index is 6.34. The molecule has 0 N–H and O–H groups in total. The zero-order valence-electron chi connectivity index (χ0n) is 16.5. The molecule has 5 rings (SSSR count). The van der Waals surface area contributed by atoms with Crippen molar-refractivity contribution in [2.75, 3.05) is 0 Å². The Hall–Kier alpha value is -2.10. The van der Waals surface area contributed by atoms with Gasteiger partial charge in [0.2, 0.25) is 0 Å². The van der Waals surface area contributed by atoms with Gasteiger partial charge in [0.1, 0.15) is 0 Å². The van der Waals surface area contributed by atoms with Crippen LogP contribution in [0.15, 0.2) is 54.6 Å². The van der Waals surface area contributed by atoms with Crippen molar-refractivity contribution in [1.82, 2.24) is 0 Å². The minimum atomic E-state index is -0.294. The van der Waals surface area contributed by atoms with Gasteiger partial charge in [-0.25, -0.2) is 0 Å². The SMILES string of the molecule is CC1(C)OB(C2C=Cc3c(c4ccccc4c4ccccc34)C2)OC1(C)C. The summed E-state index contributed by atoms with van der Waals surface area (Å²) in [6, 6.07) is 17.5. The van der Waals surface area contributed by atoms with Gasteiger partial charge in [0.05, 0.1) is 11.2 Å². The van der Waals surface area contributed by atoms with Crippen LogP contribution in [-0.4, -0.2) is 18.3 Å². The molecule has 0 spiro atoms. The predicted molar refractivity (Wildman–Crippen MR) is 114 cm³/mol. The highest BCUT2D eigenvalue weighted by Gasteiger charge is 2.53. The molecule has 136 valence electrons. The van der Waals surface area contributed by atoms with Gasteiger partial charge in [-0.1, -0.05) is 60.7 Å². The van der Waals surface area contributed by atoms with Crippen LogP contribution in [0, 0.1) is 0 Å². The lowest BCUT2D eigenvalue weighted by molar-refractivity contribution is 0.00578. The van der Waals surface area contributed by atoms with E-state index >= 15 is 0 Å². The summed E-state index contributed by atoms with van der Waals surface area (Å²) in [7, 11) is -0.204. The fourth-order valence-corrected chi connectivity index (χ4v) is 4.43. The minimum Gasteiger partial charge on any atom is -0.403 e. The summed E-state index contributed by atoms with van der Waals surface area (Å²) in [5.74, 6) is 0.225. The Kier molecular flexibility index (Phi) is 3.60. The van der Waals surface area contributed by atoms with Gasteiger partial charge < -0.3 is 9.31 Å². The van der Waals surface area contributed by atoms with Gasteiger partial charge in [0, 0.05) is 5.82 Å². The lowest BCUT2D eigenvalue weighted by Crippen LogP contribution is -2.41. The molecule has 1 aliphatic carbocycles. The van der Waals surface area contributed by atoms with Crippen molar-refractivity contribution in [2.24, 2.45) is 0 Å². The molecule has 0 bridgehead atoms. The highest BCUT2D eigenvalue weighted by atomic mass is 16.7. The lowest BCUT2D eigenvalue weighted by Gasteiger charge is -2.32. The van der Waals surface area contributed by atoms with Crippen LogP contribution in [0.2, 0.25) is 5.82 Å². The van der Waals surface area contributed by atoms with Crippen molar-refractivity contribution in [3.8, 4) is 0 Å². The second-order valence-corrected chi connectivity index (χ2v) is 8.84. The average Bonchev–Trinajstić information content (AvgIpc) is 2.89. The highest BCUT2D eigenvalue weighted by Crippen LogP contribution is 2.45. The summed E-state index contributed by atoms with van der Waals surface area (Å²) in [5, 5.41) is 5.33. The Balaban J connectivity index is 1.64. The molecule has 0 aromatic heterocycles. The smallest absolute Gasteiger partial charge is 0.403 e. The first-order chi connectivity index (χ1) is 12.9. The standard InChI is InChI=1S/C24H25BO2/c1-23(2)24(3,4)27-25(26-23)16-13-14-21-19-11-6-5-9-17(19)18-10-7-8-12-20(18)22(21)15-16/h5-14,16H,15H2,1-4H3. The van der Waals surface area contributed by atoms with Crippen molar-refractivity contribution in [3.63, 3.8) is 0 Å². The molecule has 3 aromatic rings. The van der Waals surface area contributed by atoms with E-state index in [1.54, 1.807) is 0 Å². The minimum absolute atomic E-state index is 0.204. The lowest BCUT2D eigenvalue weighted by atomic mass is 9.65. The Morgan fingerprint density at radius 1 is 0.778 bits per heavy atom. The van der Waals surface area contributed by atoms with Gasteiger partial charge >= 0.3 is 7.12 Å². The van der Waals surface area contributed by atoms with Crippen LogP contribution >= 0.6 is 0 Å². The second-order valence-electron chi connectivity index (χ2n) is 8.84. The molecule has 3 aromatic carbocycles. The van der Waals surface area contributed by atoms with E-state index in [2.05, 4.69) is 88.4 Å². The van der Waals surface area contributed by atoms with Crippen LogP contribution in [-0.2, 0) is 15.7 Å². The van der Waals surface area contributed by atoms with Gasteiger partial charge in [-0.15, -0.1) is 0 Å². The van der Waals surface area contributed by atoms with Gasteiger partial charge in [-0.2, -0.15) is 0 Å². The molecule has 1 fully saturated rings. The molecule has 2 nitrogen and oxygen atoms in total. The maximum Gasteiger partial charge on any atom is 0.465 e. The van der Waals surface area contributed by atoms with E-state index < -0.39 is 0 Å². The van der Waals surface area contributed by atoms with E-state index in [9.17, 15) is 0 Å². The zero-order chi connectivity index (χ0) is 18.8. The van der Waals surface area contributed by atoms with Crippen LogP contribution in [0.4, 0.5) is 0 Å². The number of hydrogen-bond donors (Lipinski definition) is 0. The second kappa shape index (κ2) is 5.70. The van der Waals surface area contributed by atoms with E-state index in [-0.39, 0.29) is 24.1 Å². The summed E-state index contributed by atoms with van der Waals surface area (Å²) >= 11 is 0. The predicted octanol–water partition coefficient (Wildman–Crippen LogP) is 6.02.